The van der Waals surface area contributed by atoms with Crippen molar-refractivity contribution in [2.24, 2.45) is 0 Å². The lowest BCUT2D eigenvalue weighted by molar-refractivity contribution is 1.25. The van der Waals surface area contributed by atoms with Crippen LogP contribution in [0, 0.1) is 25.2 Å². The minimum atomic E-state index is 0.425. The van der Waals surface area contributed by atoms with Gasteiger partial charge in [0.1, 0.15) is 0 Å². The Morgan fingerprint density at radius 2 is 1.72 bits per heavy atom. The minimum Gasteiger partial charge on any atom is -0.355 e. The Morgan fingerprint density at radius 3 is 2.50 bits per heavy atom. The average molecular weight is 236 g/mol. The topological polar surface area (TPSA) is 35.8 Å². The van der Waals surface area contributed by atoms with Crippen molar-refractivity contribution in [1.29, 1.82) is 5.26 Å². The van der Waals surface area contributed by atoms with Crippen molar-refractivity contribution in [3.8, 4) is 6.07 Å². The van der Waals surface area contributed by atoms with Gasteiger partial charge in [0.15, 0.2) is 0 Å². The monoisotopic (exact) mass is 236 g/mol. The number of aryl methyl sites for hydroxylation is 1. The van der Waals surface area contributed by atoms with Gasteiger partial charge in [0.05, 0.1) is 12.5 Å². The van der Waals surface area contributed by atoms with Crippen molar-refractivity contribution >= 4 is 11.4 Å². The summed E-state index contributed by atoms with van der Waals surface area (Å²) in [5.74, 6) is 0. The van der Waals surface area contributed by atoms with Crippen molar-refractivity contribution in [1.82, 2.24) is 0 Å². The van der Waals surface area contributed by atoms with E-state index in [4.69, 9.17) is 5.26 Å². The standard InChI is InChI=1S/C16H16N2/c1-12-6-5-9-15(13(12)2)18-16-8-4-3-7-14(16)10-11-17/h3-9,18H,10H2,1-2H3. The molecule has 0 saturated carbocycles. The first-order valence-corrected chi connectivity index (χ1v) is 6.00. The zero-order chi connectivity index (χ0) is 13.0. The van der Waals surface area contributed by atoms with Crippen LogP contribution in [-0.2, 0) is 6.42 Å². The Kier molecular flexibility index (Phi) is 3.64. The molecule has 0 atom stereocenters. The van der Waals surface area contributed by atoms with Crippen LogP contribution in [0.5, 0.6) is 0 Å². The second kappa shape index (κ2) is 5.37. The number of benzene rings is 2. The summed E-state index contributed by atoms with van der Waals surface area (Å²) in [5.41, 5.74) is 5.64. The number of nitriles is 1. The predicted molar refractivity (Wildman–Crippen MR) is 75.0 cm³/mol. The largest absolute Gasteiger partial charge is 0.355 e. The molecule has 0 aliphatic carbocycles. The Morgan fingerprint density at radius 1 is 1.00 bits per heavy atom. The minimum absolute atomic E-state index is 0.425. The van der Waals surface area contributed by atoms with Gasteiger partial charge < -0.3 is 5.32 Å². The Balaban J connectivity index is 2.35. The van der Waals surface area contributed by atoms with Gasteiger partial charge in [-0.2, -0.15) is 5.26 Å². The fourth-order valence-electron chi connectivity index (χ4n) is 1.91. The molecule has 2 rings (SSSR count). The van der Waals surface area contributed by atoms with Crippen molar-refractivity contribution in [3.05, 3.63) is 59.2 Å². The molecule has 0 aromatic heterocycles. The van der Waals surface area contributed by atoms with Crippen LogP contribution in [0.4, 0.5) is 11.4 Å². The number of rotatable bonds is 3. The second-order valence-electron chi connectivity index (χ2n) is 4.36. The fourth-order valence-corrected chi connectivity index (χ4v) is 1.91. The molecule has 0 bridgehead atoms. The summed E-state index contributed by atoms with van der Waals surface area (Å²) in [7, 11) is 0. The summed E-state index contributed by atoms with van der Waals surface area (Å²) in [6.07, 6.45) is 0.425. The summed E-state index contributed by atoms with van der Waals surface area (Å²) in [5, 5.41) is 12.2. The van der Waals surface area contributed by atoms with Crippen molar-refractivity contribution < 1.29 is 0 Å². The van der Waals surface area contributed by atoms with E-state index in [9.17, 15) is 0 Å². The number of nitrogens with one attached hydrogen (secondary N) is 1. The molecule has 0 radical (unpaired) electrons. The lowest BCUT2D eigenvalue weighted by Crippen LogP contribution is -1.98. The maximum Gasteiger partial charge on any atom is 0.0670 e. The van der Waals surface area contributed by atoms with Crippen LogP contribution in [0.2, 0.25) is 0 Å². The molecular formula is C16H16N2. The Bertz CT molecular complexity index is 594. The first kappa shape index (κ1) is 12.2. The maximum absolute atomic E-state index is 8.83. The number of nitrogens with zero attached hydrogens (tertiary/aromatic N) is 1. The van der Waals surface area contributed by atoms with E-state index < -0.39 is 0 Å². The smallest absolute Gasteiger partial charge is 0.0670 e. The molecule has 0 spiro atoms. The van der Waals surface area contributed by atoms with Gasteiger partial charge in [-0.05, 0) is 42.7 Å². The molecule has 0 aliphatic rings. The van der Waals surface area contributed by atoms with Gasteiger partial charge in [0, 0.05) is 11.4 Å². The van der Waals surface area contributed by atoms with Gasteiger partial charge >= 0.3 is 0 Å². The molecular weight excluding hydrogens is 220 g/mol. The number of anilines is 2. The van der Waals surface area contributed by atoms with Crippen LogP contribution < -0.4 is 5.32 Å². The molecule has 2 nitrogen and oxygen atoms in total. The van der Waals surface area contributed by atoms with Crippen molar-refractivity contribution in [2.75, 3.05) is 5.32 Å². The van der Waals surface area contributed by atoms with E-state index in [1.165, 1.54) is 11.1 Å². The van der Waals surface area contributed by atoms with Crippen molar-refractivity contribution in [2.45, 2.75) is 20.3 Å². The van der Waals surface area contributed by atoms with E-state index in [0.717, 1.165) is 16.9 Å². The van der Waals surface area contributed by atoms with Crippen LogP contribution in [0.3, 0.4) is 0 Å². The van der Waals surface area contributed by atoms with Gasteiger partial charge in [-0.1, -0.05) is 30.3 Å². The third kappa shape index (κ3) is 2.52. The SMILES string of the molecule is Cc1cccc(Nc2ccccc2CC#N)c1C. The molecule has 0 heterocycles. The van der Waals surface area contributed by atoms with E-state index in [1.807, 2.05) is 30.3 Å². The zero-order valence-electron chi connectivity index (χ0n) is 10.7. The number of hydrogen-bond donors (Lipinski definition) is 1. The second-order valence-corrected chi connectivity index (χ2v) is 4.36. The van der Waals surface area contributed by atoms with E-state index in [1.54, 1.807) is 0 Å². The number of para-hydroxylation sites is 1. The Hall–Kier alpha value is -2.27. The molecule has 2 heteroatoms. The molecule has 0 aliphatic heterocycles. The first-order chi connectivity index (χ1) is 8.72. The molecule has 18 heavy (non-hydrogen) atoms. The summed E-state index contributed by atoms with van der Waals surface area (Å²) in [6, 6.07) is 16.3. The first-order valence-electron chi connectivity index (χ1n) is 6.00. The normalized spacial score (nSPS) is 9.83. The van der Waals surface area contributed by atoms with Gasteiger partial charge in [0.25, 0.3) is 0 Å². The van der Waals surface area contributed by atoms with Gasteiger partial charge in [-0.3, -0.25) is 0 Å². The molecule has 90 valence electrons. The van der Waals surface area contributed by atoms with Crippen LogP contribution in [0.15, 0.2) is 42.5 Å². The molecule has 0 unspecified atom stereocenters. The molecule has 1 N–H and O–H groups in total. The summed E-state index contributed by atoms with van der Waals surface area (Å²) >= 11 is 0. The van der Waals surface area contributed by atoms with Crippen LogP contribution in [0.1, 0.15) is 16.7 Å². The third-order valence-electron chi connectivity index (χ3n) is 3.16. The highest BCUT2D eigenvalue weighted by Gasteiger charge is 2.04. The van der Waals surface area contributed by atoms with E-state index in [-0.39, 0.29) is 0 Å². The third-order valence-corrected chi connectivity index (χ3v) is 3.16. The van der Waals surface area contributed by atoms with Crippen LogP contribution in [-0.4, -0.2) is 0 Å². The molecule has 2 aromatic carbocycles. The summed E-state index contributed by atoms with van der Waals surface area (Å²) < 4.78 is 0. The summed E-state index contributed by atoms with van der Waals surface area (Å²) in [6.45, 7) is 4.20. The zero-order valence-corrected chi connectivity index (χ0v) is 10.7. The molecule has 0 saturated heterocycles. The van der Waals surface area contributed by atoms with E-state index in [0.29, 0.717) is 6.42 Å². The van der Waals surface area contributed by atoms with Gasteiger partial charge in [-0.15, -0.1) is 0 Å². The lowest BCUT2D eigenvalue weighted by atomic mass is 10.1. The highest BCUT2D eigenvalue weighted by molar-refractivity contribution is 5.67. The summed E-state index contributed by atoms with van der Waals surface area (Å²) in [4.78, 5) is 0. The van der Waals surface area contributed by atoms with Crippen LogP contribution >= 0.6 is 0 Å². The maximum atomic E-state index is 8.83. The lowest BCUT2D eigenvalue weighted by Gasteiger charge is -2.13. The van der Waals surface area contributed by atoms with Gasteiger partial charge in [0.2, 0.25) is 0 Å². The van der Waals surface area contributed by atoms with Gasteiger partial charge in [-0.25, -0.2) is 0 Å². The average Bonchev–Trinajstić information content (AvgIpc) is 2.37. The van der Waals surface area contributed by atoms with E-state index >= 15 is 0 Å². The predicted octanol–water partition coefficient (Wildman–Crippen LogP) is 4.11. The fraction of sp³-hybridized carbons (Fsp3) is 0.188. The molecule has 0 amide bonds. The Labute approximate surface area is 108 Å². The quantitative estimate of drug-likeness (QED) is 0.870. The highest BCUT2D eigenvalue weighted by atomic mass is 14.9. The molecule has 2 aromatic rings. The number of hydrogen-bond acceptors (Lipinski definition) is 2. The molecule has 0 fully saturated rings. The van der Waals surface area contributed by atoms with Crippen LogP contribution in [0.25, 0.3) is 0 Å². The highest BCUT2D eigenvalue weighted by Crippen LogP contribution is 2.25. The van der Waals surface area contributed by atoms with E-state index in [2.05, 4.69) is 37.4 Å². The van der Waals surface area contributed by atoms with Crippen molar-refractivity contribution in [3.63, 3.8) is 0 Å².